The van der Waals surface area contributed by atoms with Gasteiger partial charge in [0.1, 0.15) is 17.7 Å². The molecule has 0 radical (unpaired) electrons. The van der Waals surface area contributed by atoms with Crippen LogP contribution >= 0.6 is 0 Å². The summed E-state index contributed by atoms with van der Waals surface area (Å²) < 4.78 is 5.26. The molecular formula is C27H35N3O5. The van der Waals surface area contributed by atoms with E-state index in [0.717, 1.165) is 24.0 Å². The average molecular weight is 482 g/mol. The van der Waals surface area contributed by atoms with Gasteiger partial charge in [-0.1, -0.05) is 48.0 Å². The van der Waals surface area contributed by atoms with Gasteiger partial charge < -0.3 is 25.4 Å². The van der Waals surface area contributed by atoms with Crippen LogP contribution in [0.4, 0.5) is 10.5 Å². The van der Waals surface area contributed by atoms with Gasteiger partial charge in [-0.05, 0) is 64.7 Å². The zero-order chi connectivity index (χ0) is 25.8. The van der Waals surface area contributed by atoms with Gasteiger partial charge in [0.15, 0.2) is 0 Å². The minimum absolute atomic E-state index is 0.175. The molecule has 2 unspecified atom stereocenters. The third-order valence-corrected chi connectivity index (χ3v) is 5.69. The number of hydrogen-bond acceptors (Lipinski definition) is 5. The maximum Gasteiger partial charge on any atom is 0.408 e. The first-order valence-corrected chi connectivity index (χ1v) is 11.9. The fourth-order valence-corrected chi connectivity index (χ4v) is 3.79. The standard InChI is InChI=1S/C27H35N3O5/c1-17-10-12-19(13-11-17)23(24(32)28-21-9-7-6-8-18(21)2)30(20-14-15-20)25(33)22(16-31)29-26(34)35-27(3,4)5/h6-13,20,22-23,31H,14-16H2,1-5H3,(H,28,32)(H,29,34). The Bertz CT molecular complexity index is 1060. The third-order valence-electron chi connectivity index (χ3n) is 5.69. The van der Waals surface area contributed by atoms with Crippen LogP contribution in [0.2, 0.25) is 0 Å². The van der Waals surface area contributed by atoms with Crippen molar-refractivity contribution in [2.75, 3.05) is 11.9 Å². The summed E-state index contributed by atoms with van der Waals surface area (Å²) in [5.74, 6) is -0.899. The summed E-state index contributed by atoms with van der Waals surface area (Å²) in [5, 5.41) is 15.4. The van der Waals surface area contributed by atoms with Gasteiger partial charge in [-0.2, -0.15) is 0 Å². The summed E-state index contributed by atoms with van der Waals surface area (Å²) in [4.78, 5) is 41.2. The number of rotatable bonds is 8. The molecule has 0 saturated heterocycles. The highest BCUT2D eigenvalue weighted by Gasteiger charge is 2.44. The maximum absolute atomic E-state index is 13.7. The van der Waals surface area contributed by atoms with Crippen LogP contribution in [0.25, 0.3) is 0 Å². The minimum atomic E-state index is -1.25. The van der Waals surface area contributed by atoms with Crippen molar-refractivity contribution in [3.63, 3.8) is 0 Å². The number of ether oxygens (including phenoxy) is 1. The van der Waals surface area contributed by atoms with E-state index in [4.69, 9.17) is 4.74 Å². The highest BCUT2D eigenvalue weighted by Crippen LogP contribution is 2.36. The Morgan fingerprint density at radius 1 is 1.06 bits per heavy atom. The quantitative estimate of drug-likeness (QED) is 0.531. The largest absolute Gasteiger partial charge is 0.444 e. The number of benzene rings is 2. The Kier molecular flexibility index (Phi) is 8.17. The predicted octanol–water partition coefficient (Wildman–Crippen LogP) is 3.86. The maximum atomic E-state index is 13.7. The van der Waals surface area contributed by atoms with Crippen molar-refractivity contribution in [2.24, 2.45) is 0 Å². The molecule has 3 rings (SSSR count). The van der Waals surface area contributed by atoms with Crippen molar-refractivity contribution in [1.82, 2.24) is 10.2 Å². The van der Waals surface area contributed by atoms with E-state index in [1.165, 1.54) is 4.90 Å². The van der Waals surface area contributed by atoms with Crippen molar-refractivity contribution in [1.29, 1.82) is 0 Å². The lowest BCUT2D eigenvalue weighted by Gasteiger charge is -2.34. The molecule has 0 aliphatic heterocycles. The van der Waals surface area contributed by atoms with Crippen molar-refractivity contribution in [2.45, 2.75) is 71.2 Å². The predicted molar refractivity (Wildman–Crippen MR) is 134 cm³/mol. The van der Waals surface area contributed by atoms with Crippen LogP contribution in [-0.4, -0.2) is 52.2 Å². The highest BCUT2D eigenvalue weighted by atomic mass is 16.6. The lowest BCUT2D eigenvalue weighted by atomic mass is 10.0. The number of aryl methyl sites for hydroxylation is 2. The number of carbonyl (C=O) groups is 3. The molecule has 8 nitrogen and oxygen atoms in total. The smallest absolute Gasteiger partial charge is 0.408 e. The van der Waals surface area contributed by atoms with Gasteiger partial charge in [-0.15, -0.1) is 0 Å². The van der Waals surface area contributed by atoms with E-state index >= 15 is 0 Å². The molecule has 0 aromatic heterocycles. The van der Waals surface area contributed by atoms with Crippen molar-refractivity contribution in [3.8, 4) is 0 Å². The Labute approximate surface area is 206 Å². The first kappa shape index (κ1) is 26.2. The van der Waals surface area contributed by atoms with Gasteiger partial charge in [0, 0.05) is 11.7 Å². The molecule has 3 amide bonds. The molecule has 0 heterocycles. The minimum Gasteiger partial charge on any atom is -0.444 e. The first-order chi connectivity index (χ1) is 16.5. The number of nitrogens with zero attached hydrogens (tertiary/aromatic N) is 1. The zero-order valence-electron chi connectivity index (χ0n) is 21.0. The number of alkyl carbamates (subject to hydrolysis) is 1. The number of para-hydroxylation sites is 1. The second-order valence-electron chi connectivity index (χ2n) is 9.98. The number of nitrogens with one attached hydrogen (secondary N) is 2. The third kappa shape index (κ3) is 7.05. The van der Waals surface area contributed by atoms with E-state index in [9.17, 15) is 19.5 Å². The molecule has 2 atom stereocenters. The Morgan fingerprint density at radius 2 is 1.69 bits per heavy atom. The van der Waals surface area contributed by atoms with Gasteiger partial charge in [-0.3, -0.25) is 9.59 Å². The normalized spacial score (nSPS) is 15.0. The summed E-state index contributed by atoms with van der Waals surface area (Å²) in [6.45, 7) is 8.35. The fourth-order valence-electron chi connectivity index (χ4n) is 3.79. The molecule has 35 heavy (non-hydrogen) atoms. The van der Waals surface area contributed by atoms with E-state index in [1.54, 1.807) is 20.8 Å². The van der Waals surface area contributed by atoms with Crippen LogP contribution in [-0.2, 0) is 14.3 Å². The molecule has 2 aromatic rings. The molecule has 188 valence electrons. The molecule has 0 spiro atoms. The summed E-state index contributed by atoms with van der Waals surface area (Å²) in [5.41, 5.74) is 2.46. The molecule has 2 aromatic carbocycles. The van der Waals surface area contributed by atoms with Crippen molar-refractivity contribution in [3.05, 3.63) is 65.2 Å². The number of carbonyl (C=O) groups excluding carboxylic acids is 3. The molecule has 1 saturated carbocycles. The molecule has 1 fully saturated rings. The number of amides is 3. The van der Waals surface area contributed by atoms with Crippen LogP contribution < -0.4 is 10.6 Å². The molecule has 8 heteroatoms. The Balaban J connectivity index is 1.94. The number of anilines is 1. The second kappa shape index (κ2) is 10.9. The van der Waals surface area contributed by atoms with Gasteiger partial charge in [-0.25, -0.2) is 4.79 Å². The van der Waals surface area contributed by atoms with Crippen LogP contribution in [0.3, 0.4) is 0 Å². The molecule has 3 N–H and O–H groups in total. The topological polar surface area (TPSA) is 108 Å². The van der Waals surface area contributed by atoms with Gasteiger partial charge in [0.25, 0.3) is 5.91 Å². The van der Waals surface area contributed by atoms with Crippen molar-refractivity contribution < 1.29 is 24.2 Å². The zero-order valence-corrected chi connectivity index (χ0v) is 21.0. The van der Waals surface area contributed by atoms with Gasteiger partial charge in [0.2, 0.25) is 5.91 Å². The number of aliphatic hydroxyl groups excluding tert-OH is 1. The molecule has 0 bridgehead atoms. The first-order valence-electron chi connectivity index (χ1n) is 11.9. The summed E-state index contributed by atoms with van der Waals surface area (Å²) in [7, 11) is 0. The van der Waals surface area contributed by atoms with E-state index < -0.39 is 36.3 Å². The number of hydrogen-bond donors (Lipinski definition) is 3. The highest BCUT2D eigenvalue weighted by molar-refractivity contribution is 5.99. The monoisotopic (exact) mass is 481 g/mol. The number of aliphatic hydroxyl groups is 1. The van der Waals surface area contributed by atoms with Crippen molar-refractivity contribution >= 4 is 23.6 Å². The van der Waals surface area contributed by atoms with Crippen LogP contribution in [0.15, 0.2) is 48.5 Å². The van der Waals surface area contributed by atoms with Gasteiger partial charge >= 0.3 is 6.09 Å². The van der Waals surface area contributed by atoms with Gasteiger partial charge in [0.05, 0.1) is 6.61 Å². The van der Waals surface area contributed by atoms with E-state index in [1.807, 2.05) is 62.4 Å². The van der Waals surface area contributed by atoms with E-state index in [2.05, 4.69) is 10.6 Å². The van der Waals surface area contributed by atoms with Crippen LogP contribution in [0.1, 0.15) is 56.3 Å². The fraction of sp³-hybridized carbons (Fsp3) is 0.444. The lowest BCUT2D eigenvalue weighted by Crippen LogP contribution is -2.54. The summed E-state index contributed by atoms with van der Waals surface area (Å²) >= 11 is 0. The average Bonchev–Trinajstić information content (AvgIpc) is 3.61. The SMILES string of the molecule is Cc1ccc(C(C(=O)Nc2ccccc2C)N(C(=O)C(CO)NC(=O)OC(C)(C)C)C2CC2)cc1. The Hall–Kier alpha value is -3.39. The van der Waals surface area contributed by atoms with E-state index in [0.29, 0.717) is 11.3 Å². The van der Waals surface area contributed by atoms with Crippen LogP contribution in [0, 0.1) is 13.8 Å². The van der Waals surface area contributed by atoms with Crippen LogP contribution in [0.5, 0.6) is 0 Å². The molecule has 1 aliphatic carbocycles. The summed E-state index contributed by atoms with van der Waals surface area (Å²) in [6, 6.07) is 12.5. The molecular weight excluding hydrogens is 446 g/mol. The van der Waals surface area contributed by atoms with E-state index in [-0.39, 0.29) is 11.9 Å². The Morgan fingerprint density at radius 3 is 2.23 bits per heavy atom. The lowest BCUT2D eigenvalue weighted by molar-refractivity contribution is -0.142. The molecule has 1 aliphatic rings. The summed E-state index contributed by atoms with van der Waals surface area (Å²) in [6.07, 6.45) is 0.657. The second-order valence-corrected chi connectivity index (χ2v) is 9.98.